The third kappa shape index (κ3) is 2.54. The molecule has 0 saturated carbocycles. The lowest BCUT2D eigenvalue weighted by Crippen LogP contribution is -2.12. The minimum atomic E-state index is -0.166. The topological polar surface area (TPSA) is 49.3 Å². The number of amides is 1. The Hall–Kier alpha value is -1.81. The molecule has 0 fully saturated rings. The van der Waals surface area contributed by atoms with Crippen LogP contribution in [0.5, 0.6) is 5.75 Å². The highest BCUT2D eigenvalue weighted by atomic mass is 32.1. The normalized spacial score (nSPS) is 10.3. The lowest BCUT2D eigenvalue weighted by atomic mass is 10.2. The number of phenolic OH excluding ortho intramolecular Hbond substituents is 1. The van der Waals surface area contributed by atoms with Gasteiger partial charge in [-0.2, -0.15) is 0 Å². The Morgan fingerprint density at radius 1 is 1.39 bits per heavy atom. The van der Waals surface area contributed by atoms with Crippen LogP contribution in [0.15, 0.2) is 29.6 Å². The van der Waals surface area contributed by atoms with Crippen molar-refractivity contribution < 1.29 is 9.90 Å². The Morgan fingerprint density at radius 3 is 2.83 bits per heavy atom. The molecule has 2 aromatic rings. The monoisotopic (exact) mass is 261 g/mol. The van der Waals surface area contributed by atoms with Gasteiger partial charge in [0.15, 0.2) is 0 Å². The minimum absolute atomic E-state index is 0.0953. The molecule has 0 unspecified atom stereocenters. The number of carbonyl (C=O) groups excluding carboxylic acids is 1. The average Bonchev–Trinajstić information content (AvgIpc) is 2.81. The number of hydrogen-bond acceptors (Lipinski definition) is 3. The Labute approximate surface area is 110 Å². The first-order chi connectivity index (χ1) is 8.61. The van der Waals surface area contributed by atoms with Gasteiger partial charge in [0.25, 0.3) is 5.91 Å². The number of benzene rings is 1. The second-order valence-corrected chi connectivity index (χ2v) is 5.02. The summed E-state index contributed by atoms with van der Waals surface area (Å²) in [6, 6.07) is 7.14. The maximum atomic E-state index is 12.1. The number of aryl methyl sites for hydroxylation is 2. The van der Waals surface area contributed by atoms with Gasteiger partial charge in [-0.05, 0) is 48.1 Å². The van der Waals surface area contributed by atoms with E-state index in [2.05, 4.69) is 5.32 Å². The van der Waals surface area contributed by atoms with Crippen LogP contribution >= 0.6 is 11.3 Å². The van der Waals surface area contributed by atoms with Crippen LogP contribution in [-0.2, 0) is 6.42 Å². The van der Waals surface area contributed by atoms with E-state index >= 15 is 0 Å². The van der Waals surface area contributed by atoms with Crippen LogP contribution in [0.1, 0.15) is 27.7 Å². The van der Waals surface area contributed by atoms with Gasteiger partial charge in [-0.1, -0.05) is 13.0 Å². The molecule has 18 heavy (non-hydrogen) atoms. The van der Waals surface area contributed by atoms with Crippen molar-refractivity contribution in [1.82, 2.24) is 0 Å². The average molecular weight is 261 g/mol. The summed E-state index contributed by atoms with van der Waals surface area (Å²) in [5.41, 5.74) is 2.43. The van der Waals surface area contributed by atoms with E-state index in [0.29, 0.717) is 10.6 Å². The van der Waals surface area contributed by atoms with Crippen LogP contribution in [-0.4, -0.2) is 11.0 Å². The molecule has 0 saturated heterocycles. The highest BCUT2D eigenvalue weighted by Gasteiger charge is 2.13. The number of aromatic hydroxyl groups is 1. The van der Waals surface area contributed by atoms with Crippen molar-refractivity contribution >= 4 is 22.9 Å². The standard InChI is InChI=1S/C14H15NO2S/c1-3-10-6-7-18-13(10)14(17)15-11-5-4-9(2)8-12(11)16/h4-8,16H,3H2,1-2H3,(H,15,17). The molecule has 0 spiro atoms. The minimum Gasteiger partial charge on any atom is -0.506 e. The van der Waals surface area contributed by atoms with Gasteiger partial charge in [-0.15, -0.1) is 11.3 Å². The van der Waals surface area contributed by atoms with E-state index in [1.54, 1.807) is 12.1 Å². The van der Waals surface area contributed by atoms with Crippen LogP contribution < -0.4 is 5.32 Å². The van der Waals surface area contributed by atoms with Crippen molar-refractivity contribution in [3.63, 3.8) is 0 Å². The second-order valence-electron chi connectivity index (χ2n) is 4.10. The number of carbonyl (C=O) groups is 1. The quantitative estimate of drug-likeness (QED) is 0.830. The highest BCUT2D eigenvalue weighted by molar-refractivity contribution is 7.12. The van der Waals surface area contributed by atoms with E-state index in [-0.39, 0.29) is 11.7 Å². The zero-order valence-electron chi connectivity index (χ0n) is 10.4. The lowest BCUT2D eigenvalue weighted by Gasteiger charge is -2.07. The van der Waals surface area contributed by atoms with Crippen LogP contribution in [0.2, 0.25) is 0 Å². The molecule has 1 aromatic heterocycles. The second kappa shape index (κ2) is 5.23. The molecular formula is C14H15NO2S. The molecule has 3 nitrogen and oxygen atoms in total. The maximum Gasteiger partial charge on any atom is 0.266 e. The smallest absolute Gasteiger partial charge is 0.266 e. The van der Waals surface area contributed by atoms with Crippen LogP contribution in [0.25, 0.3) is 0 Å². The summed E-state index contributed by atoms with van der Waals surface area (Å²) < 4.78 is 0. The van der Waals surface area contributed by atoms with Crippen molar-refractivity contribution in [2.45, 2.75) is 20.3 Å². The van der Waals surface area contributed by atoms with Crippen molar-refractivity contribution in [2.75, 3.05) is 5.32 Å². The molecule has 0 atom stereocenters. The molecule has 0 radical (unpaired) electrons. The highest BCUT2D eigenvalue weighted by Crippen LogP contribution is 2.26. The SMILES string of the molecule is CCc1ccsc1C(=O)Nc1ccc(C)cc1O. The fourth-order valence-electron chi connectivity index (χ4n) is 1.74. The van der Waals surface area contributed by atoms with E-state index in [9.17, 15) is 9.90 Å². The molecule has 2 N–H and O–H groups in total. The maximum absolute atomic E-state index is 12.1. The molecule has 2 rings (SSSR count). The lowest BCUT2D eigenvalue weighted by molar-refractivity contribution is 0.102. The predicted octanol–water partition coefficient (Wildman–Crippen LogP) is 3.58. The molecule has 1 heterocycles. The first-order valence-electron chi connectivity index (χ1n) is 5.79. The molecule has 0 bridgehead atoms. The number of nitrogens with one attached hydrogen (secondary N) is 1. The first kappa shape index (κ1) is 12.6. The van der Waals surface area contributed by atoms with Crippen molar-refractivity contribution in [3.8, 4) is 5.75 Å². The molecule has 94 valence electrons. The molecule has 1 aromatic carbocycles. The van der Waals surface area contributed by atoms with Crippen molar-refractivity contribution in [2.24, 2.45) is 0 Å². The zero-order chi connectivity index (χ0) is 13.1. The number of phenols is 1. The Bertz CT molecular complexity index is 575. The molecule has 0 aliphatic rings. The summed E-state index contributed by atoms with van der Waals surface area (Å²) in [5, 5.41) is 14.4. The van der Waals surface area contributed by atoms with Gasteiger partial charge < -0.3 is 10.4 Å². The fraction of sp³-hybridized carbons (Fsp3) is 0.214. The third-order valence-electron chi connectivity index (χ3n) is 2.74. The van der Waals surface area contributed by atoms with E-state index in [1.165, 1.54) is 11.3 Å². The summed E-state index contributed by atoms with van der Waals surface area (Å²) in [4.78, 5) is 12.8. The van der Waals surface area contributed by atoms with Gasteiger partial charge in [0.05, 0.1) is 10.6 Å². The van der Waals surface area contributed by atoms with E-state index < -0.39 is 0 Å². The number of anilines is 1. The summed E-state index contributed by atoms with van der Waals surface area (Å²) >= 11 is 1.42. The van der Waals surface area contributed by atoms with Crippen molar-refractivity contribution in [3.05, 3.63) is 45.6 Å². The van der Waals surface area contributed by atoms with Gasteiger partial charge >= 0.3 is 0 Å². The van der Waals surface area contributed by atoms with Gasteiger partial charge in [-0.3, -0.25) is 4.79 Å². The summed E-state index contributed by atoms with van der Waals surface area (Å²) in [6.45, 7) is 3.90. The summed E-state index contributed by atoms with van der Waals surface area (Å²) in [6.07, 6.45) is 0.826. The Morgan fingerprint density at radius 2 is 2.17 bits per heavy atom. The Kier molecular flexibility index (Phi) is 3.67. The van der Waals surface area contributed by atoms with Gasteiger partial charge in [0.2, 0.25) is 0 Å². The van der Waals surface area contributed by atoms with Crippen LogP contribution in [0, 0.1) is 6.92 Å². The van der Waals surface area contributed by atoms with Crippen LogP contribution in [0.3, 0.4) is 0 Å². The number of hydrogen-bond donors (Lipinski definition) is 2. The van der Waals surface area contributed by atoms with Crippen molar-refractivity contribution in [1.29, 1.82) is 0 Å². The molecule has 4 heteroatoms. The fourth-order valence-corrected chi connectivity index (χ4v) is 2.63. The third-order valence-corrected chi connectivity index (χ3v) is 3.69. The predicted molar refractivity (Wildman–Crippen MR) is 74.5 cm³/mol. The molecule has 0 aliphatic heterocycles. The van der Waals surface area contributed by atoms with Gasteiger partial charge in [0.1, 0.15) is 5.75 Å². The Balaban J connectivity index is 2.21. The van der Waals surface area contributed by atoms with Gasteiger partial charge in [0, 0.05) is 0 Å². The van der Waals surface area contributed by atoms with E-state index in [1.807, 2.05) is 31.4 Å². The number of rotatable bonds is 3. The largest absolute Gasteiger partial charge is 0.506 e. The van der Waals surface area contributed by atoms with E-state index in [0.717, 1.165) is 17.5 Å². The summed E-state index contributed by atoms with van der Waals surface area (Å²) in [7, 11) is 0. The molecule has 1 amide bonds. The van der Waals surface area contributed by atoms with Crippen LogP contribution in [0.4, 0.5) is 5.69 Å². The summed E-state index contributed by atoms with van der Waals surface area (Å²) in [5.74, 6) is -0.0704. The number of thiophene rings is 1. The first-order valence-corrected chi connectivity index (χ1v) is 6.67. The molecular weight excluding hydrogens is 246 g/mol. The molecule has 0 aliphatic carbocycles. The zero-order valence-corrected chi connectivity index (χ0v) is 11.2. The van der Waals surface area contributed by atoms with Gasteiger partial charge in [-0.25, -0.2) is 0 Å². The van der Waals surface area contributed by atoms with E-state index in [4.69, 9.17) is 0 Å².